The zero-order valence-corrected chi connectivity index (χ0v) is 19.6. The Morgan fingerprint density at radius 1 is 1.29 bits per heavy atom. The van der Waals surface area contributed by atoms with Gasteiger partial charge < -0.3 is 14.7 Å². The Bertz CT molecular complexity index is 1390. The minimum atomic E-state index is -1.14. The molecule has 4 aromatic rings. The van der Waals surface area contributed by atoms with Gasteiger partial charge >= 0.3 is 0 Å². The van der Waals surface area contributed by atoms with Crippen molar-refractivity contribution in [1.82, 2.24) is 39.8 Å². The molecule has 5 heterocycles. The van der Waals surface area contributed by atoms with Gasteiger partial charge in [0.1, 0.15) is 11.7 Å². The Kier molecular flexibility index (Phi) is 5.04. The molecule has 2 aliphatic rings. The Morgan fingerprint density at radius 3 is 2.89 bits per heavy atom. The fraction of sp³-hybridized carbons (Fsp3) is 0.478. The maximum Gasteiger partial charge on any atom is 0.292 e. The van der Waals surface area contributed by atoms with Crippen molar-refractivity contribution >= 4 is 17.2 Å². The van der Waals surface area contributed by atoms with Crippen LogP contribution in [0.5, 0.6) is 0 Å². The number of hydrogen-bond donors (Lipinski definition) is 1. The van der Waals surface area contributed by atoms with Gasteiger partial charge in [0.05, 0.1) is 30.8 Å². The molecule has 11 nitrogen and oxygen atoms in total. The summed E-state index contributed by atoms with van der Waals surface area (Å²) in [4.78, 5) is 23.5. The first-order valence-electron chi connectivity index (χ1n) is 11.7. The Hall–Kier alpha value is -3.83. The highest BCUT2D eigenvalue weighted by Crippen LogP contribution is 2.46. The molecule has 0 aromatic carbocycles. The van der Waals surface area contributed by atoms with Crippen molar-refractivity contribution in [2.24, 2.45) is 13.0 Å². The third-order valence-electron chi connectivity index (χ3n) is 7.02. The minimum Gasteiger partial charge on any atom is -0.352 e. The molecule has 6 rings (SSSR count). The second-order valence-corrected chi connectivity index (χ2v) is 9.72. The third kappa shape index (κ3) is 4.02. The van der Waals surface area contributed by atoms with Crippen LogP contribution in [-0.2, 0) is 12.5 Å². The number of alkyl halides is 1. The molecule has 12 heteroatoms. The zero-order valence-electron chi connectivity index (χ0n) is 19.6. The number of amides is 1. The molecular formula is C23H26FN9O2. The number of nitrogens with zero attached hydrogens (tertiary/aromatic N) is 8. The second-order valence-electron chi connectivity index (χ2n) is 9.72. The number of aromatic nitrogens is 7. The molecule has 0 radical (unpaired) electrons. The van der Waals surface area contributed by atoms with Gasteiger partial charge in [0.2, 0.25) is 5.89 Å². The summed E-state index contributed by atoms with van der Waals surface area (Å²) in [6, 6.07) is 1.87. The molecular weight excluding hydrogens is 453 g/mol. The molecule has 1 saturated carbocycles. The Labute approximate surface area is 200 Å². The lowest BCUT2D eigenvalue weighted by Crippen LogP contribution is -2.46. The quantitative estimate of drug-likeness (QED) is 0.447. The average molecular weight is 480 g/mol. The van der Waals surface area contributed by atoms with Crippen molar-refractivity contribution in [1.29, 1.82) is 0 Å². The van der Waals surface area contributed by atoms with E-state index in [1.165, 1.54) is 0 Å². The fourth-order valence-corrected chi connectivity index (χ4v) is 4.48. The monoisotopic (exact) mass is 479 g/mol. The van der Waals surface area contributed by atoms with E-state index in [9.17, 15) is 4.79 Å². The molecule has 2 unspecified atom stereocenters. The lowest BCUT2D eigenvalue weighted by Gasteiger charge is -2.35. The van der Waals surface area contributed by atoms with Crippen molar-refractivity contribution in [3.63, 3.8) is 0 Å². The molecule has 2 atom stereocenters. The van der Waals surface area contributed by atoms with Crippen LogP contribution in [0.4, 0.5) is 10.2 Å². The number of halogens is 1. The van der Waals surface area contributed by atoms with E-state index in [0.717, 1.165) is 23.9 Å². The van der Waals surface area contributed by atoms with Gasteiger partial charge in [0.15, 0.2) is 5.82 Å². The fourth-order valence-electron chi connectivity index (χ4n) is 4.48. The summed E-state index contributed by atoms with van der Waals surface area (Å²) >= 11 is 0. The average Bonchev–Trinajstić information content (AvgIpc) is 3.29. The van der Waals surface area contributed by atoms with E-state index in [-0.39, 0.29) is 30.2 Å². The van der Waals surface area contributed by atoms with Gasteiger partial charge in [-0.3, -0.25) is 9.48 Å². The van der Waals surface area contributed by atoms with Gasteiger partial charge in [-0.25, -0.2) is 13.9 Å². The lowest BCUT2D eigenvalue weighted by molar-refractivity contribution is 0.0918. The third-order valence-corrected chi connectivity index (χ3v) is 7.02. The van der Waals surface area contributed by atoms with Crippen LogP contribution in [0, 0.1) is 5.92 Å². The number of carbonyl (C=O) groups excluding carboxylic acids is 1. The summed E-state index contributed by atoms with van der Waals surface area (Å²) in [5.74, 6) is 0.421. The largest absolute Gasteiger partial charge is 0.352 e. The highest BCUT2D eigenvalue weighted by atomic mass is 19.1. The van der Waals surface area contributed by atoms with E-state index in [2.05, 4.69) is 25.7 Å². The number of carbonyl (C=O) groups is 1. The molecule has 1 aliphatic carbocycles. The highest BCUT2D eigenvalue weighted by molar-refractivity contribution is 5.90. The number of rotatable bonds is 6. The molecule has 4 aromatic heterocycles. The van der Waals surface area contributed by atoms with Gasteiger partial charge in [-0.05, 0) is 25.3 Å². The van der Waals surface area contributed by atoms with E-state index in [0.29, 0.717) is 30.4 Å². The van der Waals surface area contributed by atoms with Gasteiger partial charge in [-0.15, -0.1) is 0 Å². The molecule has 182 valence electrons. The first kappa shape index (κ1) is 21.7. The highest BCUT2D eigenvalue weighted by Gasteiger charge is 2.45. The van der Waals surface area contributed by atoms with Crippen molar-refractivity contribution in [2.75, 3.05) is 24.5 Å². The minimum absolute atomic E-state index is 0.000473. The second kappa shape index (κ2) is 8.14. The standard InChI is InChI=1S/C23H26FN9O2/c1-23(5-6-23)22-29-19(30-35-22)21(34)25-9-14-4-8-32(12-16(14)24)20-18-3-7-26-33(18)13-17(28-20)15-10-27-31(2)11-15/h3,7,10-11,13-14,16H,4-6,8-9,12H2,1-2H3,(H,25,34). The first-order valence-corrected chi connectivity index (χ1v) is 11.7. The van der Waals surface area contributed by atoms with Crippen molar-refractivity contribution in [2.45, 2.75) is 37.8 Å². The van der Waals surface area contributed by atoms with Gasteiger partial charge in [0, 0.05) is 43.2 Å². The number of fused-ring (bicyclic) bond motifs is 1. The van der Waals surface area contributed by atoms with Gasteiger partial charge in [0.25, 0.3) is 11.7 Å². The molecule has 0 spiro atoms. The van der Waals surface area contributed by atoms with Crippen LogP contribution >= 0.6 is 0 Å². The van der Waals surface area contributed by atoms with Gasteiger partial charge in [-0.2, -0.15) is 15.2 Å². The van der Waals surface area contributed by atoms with Crippen molar-refractivity contribution < 1.29 is 13.7 Å². The number of anilines is 1. The molecule has 1 saturated heterocycles. The molecule has 2 fully saturated rings. The molecule has 1 aliphatic heterocycles. The SMILES string of the molecule is Cn1cc(-c2cn3nccc3c(N3CCC(CNC(=O)c4noc(C5(C)CC5)n4)C(F)C3)n2)cn1. The normalized spacial score (nSPS) is 21.4. The summed E-state index contributed by atoms with van der Waals surface area (Å²) < 4.78 is 24.0. The van der Waals surface area contributed by atoms with Crippen LogP contribution in [0.25, 0.3) is 16.8 Å². The molecule has 0 bridgehead atoms. The van der Waals surface area contributed by atoms with Crippen LogP contribution < -0.4 is 10.2 Å². The van der Waals surface area contributed by atoms with Crippen LogP contribution in [0.1, 0.15) is 42.7 Å². The summed E-state index contributed by atoms with van der Waals surface area (Å²) in [7, 11) is 1.85. The van der Waals surface area contributed by atoms with E-state index < -0.39 is 12.1 Å². The van der Waals surface area contributed by atoms with Crippen LogP contribution in [0.3, 0.4) is 0 Å². The molecule has 1 amide bonds. The Morgan fingerprint density at radius 2 is 2.14 bits per heavy atom. The maximum atomic E-state index is 15.3. The lowest BCUT2D eigenvalue weighted by atomic mass is 9.94. The van der Waals surface area contributed by atoms with Crippen LogP contribution in [-0.4, -0.2) is 66.2 Å². The van der Waals surface area contributed by atoms with Crippen LogP contribution in [0.15, 0.2) is 35.4 Å². The predicted octanol–water partition coefficient (Wildman–Crippen LogP) is 2.16. The number of aryl methyl sites for hydroxylation is 1. The number of nitrogens with one attached hydrogen (secondary N) is 1. The molecule has 35 heavy (non-hydrogen) atoms. The summed E-state index contributed by atoms with van der Waals surface area (Å²) in [5.41, 5.74) is 2.29. The van der Waals surface area contributed by atoms with Crippen molar-refractivity contribution in [3.8, 4) is 11.3 Å². The summed E-state index contributed by atoms with van der Waals surface area (Å²) in [6.07, 6.45) is 8.55. The predicted molar refractivity (Wildman–Crippen MR) is 124 cm³/mol. The van der Waals surface area contributed by atoms with E-state index >= 15 is 4.39 Å². The first-order chi connectivity index (χ1) is 16.9. The van der Waals surface area contributed by atoms with E-state index in [1.54, 1.807) is 21.6 Å². The smallest absolute Gasteiger partial charge is 0.292 e. The Balaban J connectivity index is 1.13. The number of hydrogen-bond acceptors (Lipinski definition) is 8. The summed E-state index contributed by atoms with van der Waals surface area (Å²) in [5, 5.41) is 15.2. The number of piperidine rings is 1. The van der Waals surface area contributed by atoms with Crippen LogP contribution in [0.2, 0.25) is 0 Å². The van der Waals surface area contributed by atoms with Gasteiger partial charge in [-0.1, -0.05) is 12.1 Å². The molecule has 1 N–H and O–H groups in total. The topological polar surface area (TPSA) is 119 Å². The maximum absolute atomic E-state index is 15.3. The summed E-state index contributed by atoms with van der Waals surface area (Å²) in [6.45, 7) is 3.02. The van der Waals surface area contributed by atoms with E-state index in [1.807, 2.05) is 37.3 Å². The van der Waals surface area contributed by atoms with E-state index in [4.69, 9.17) is 9.51 Å². The zero-order chi connectivity index (χ0) is 24.2. The van der Waals surface area contributed by atoms with Crippen molar-refractivity contribution in [3.05, 3.63) is 42.6 Å².